The molecule has 140 valence electrons. The Hall–Kier alpha value is -2.77. The van der Waals surface area contributed by atoms with Crippen LogP contribution in [0.5, 0.6) is 5.75 Å². The van der Waals surface area contributed by atoms with Crippen LogP contribution < -0.4 is 10.1 Å². The average molecular weight is 405 g/mol. The fourth-order valence-electron chi connectivity index (χ4n) is 2.25. The van der Waals surface area contributed by atoms with Crippen LogP contribution in [0.4, 0.5) is 5.00 Å². The van der Waals surface area contributed by atoms with E-state index in [1.54, 1.807) is 60.5 Å². The number of benzene rings is 1. The van der Waals surface area contributed by atoms with Crippen LogP contribution in [-0.2, 0) is 0 Å². The largest absolute Gasteiger partial charge is 0.492 e. The lowest BCUT2D eigenvalue weighted by atomic mass is 10.3. The van der Waals surface area contributed by atoms with Crippen molar-refractivity contribution in [3.63, 3.8) is 0 Å². The van der Waals surface area contributed by atoms with Crippen molar-refractivity contribution in [2.24, 2.45) is 0 Å². The van der Waals surface area contributed by atoms with Gasteiger partial charge in [-0.05, 0) is 42.5 Å². The molecule has 1 N–H and O–H groups in total. The molecule has 0 saturated heterocycles. The summed E-state index contributed by atoms with van der Waals surface area (Å²) in [5.41, 5.74) is 0. The van der Waals surface area contributed by atoms with Crippen LogP contribution in [0.15, 0.2) is 59.2 Å². The number of ether oxygens (including phenoxy) is 1. The lowest BCUT2D eigenvalue weighted by Gasteiger charge is -2.16. The number of hydrogen-bond acceptors (Lipinski definition) is 5. The van der Waals surface area contributed by atoms with Crippen LogP contribution in [0, 0.1) is 0 Å². The first-order valence-electron chi connectivity index (χ1n) is 8.11. The molecule has 27 heavy (non-hydrogen) atoms. The Bertz CT molecular complexity index is 923. The van der Waals surface area contributed by atoms with Crippen molar-refractivity contribution in [2.45, 2.75) is 0 Å². The van der Waals surface area contributed by atoms with E-state index < -0.39 is 0 Å². The number of hydrogen-bond donors (Lipinski definition) is 1. The third kappa shape index (κ3) is 5.12. The molecule has 0 aliphatic carbocycles. The summed E-state index contributed by atoms with van der Waals surface area (Å²) < 4.78 is 10.6. The number of thiophene rings is 1. The Morgan fingerprint density at radius 2 is 2.07 bits per heavy atom. The lowest BCUT2D eigenvalue weighted by Crippen LogP contribution is -2.30. The van der Waals surface area contributed by atoms with E-state index in [0.717, 1.165) is 0 Å². The molecular weight excluding hydrogens is 388 g/mol. The number of furan rings is 1. The fraction of sp³-hybridized carbons (Fsp3) is 0.158. The summed E-state index contributed by atoms with van der Waals surface area (Å²) >= 11 is 7.11. The Balaban J connectivity index is 1.51. The number of halogens is 1. The fourth-order valence-corrected chi connectivity index (χ4v) is 3.32. The van der Waals surface area contributed by atoms with E-state index in [4.69, 9.17) is 20.8 Å². The molecule has 0 radical (unpaired) electrons. The Morgan fingerprint density at radius 3 is 2.81 bits per heavy atom. The first-order chi connectivity index (χ1) is 13.0. The highest BCUT2D eigenvalue weighted by molar-refractivity contribution is 7.18. The molecule has 6 nitrogen and oxygen atoms in total. The molecule has 0 fully saturated rings. The second-order valence-electron chi connectivity index (χ2n) is 5.63. The predicted octanol–water partition coefficient (Wildman–Crippen LogP) is 4.40. The van der Waals surface area contributed by atoms with Gasteiger partial charge >= 0.3 is 0 Å². The quantitative estimate of drug-likeness (QED) is 0.633. The second-order valence-corrected chi connectivity index (χ2v) is 7.15. The molecule has 3 rings (SSSR count). The van der Waals surface area contributed by atoms with Gasteiger partial charge in [0.25, 0.3) is 11.8 Å². The number of amides is 2. The minimum absolute atomic E-state index is 0.145. The molecule has 1 aromatic carbocycles. The Kier molecular flexibility index (Phi) is 6.16. The Morgan fingerprint density at radius 1 is 1.22 bits per heavy atom. The summed E-state index contributed by atoms with van der Waals surface area (Å²) in [5, 5.41) is 3.88. The lowest BCUT2D eigenvalue weighted by molar-refractivity contribution is 0.0778. The van der Waals surface area contributed by atoms with Gasteiger partial charge in [-0.15, -0.1) is 11.3 Å². The maximum atomic E-state index is 12.5. The van der Waals surface area contributed by atoms with E-state index in [0.29, 0.717) is 33.8 Å². The van der Waals surface area contributed by atoms with Crippen LogP contribution in [0.25, 0.3) is 0 Å². The van der Waals surface area contributed by atoms with Crippen molar-refractivity contribution in [1.29, 1.82) is 0 Å². The molecule has 2 amide bonds. The molecule has 0 aliphatic rings. The van der Waals surface area contributed by atoms with Gasteiger partial charge in [0.05, 0.1) is 22.7 Å². The van der Waals surface area contributed by atoms with Crippen molar-refractivity contribution in [3.8, 4) is 5.75 Å². The normalized spacial score (nSPS) is 10.4. The van der Waals surface area contributed by atoms with Crippen LogP contribution in [0.3, 0.4) is 0 Å². The van der Waals surface area contributed by atoms with Crippen molar-refractivity contribution in [3.05, 3.63) is 70.5 Å². The smallest absolute Gasteiger partial charge is 0.291 e. The van der Waals surface area contributed by atoms with E-state index in [-0.39, 0.29) is 17.6 Å². The van der Waals surface area contributed by atoms with Crippen molar-refractivity contribution >= 4 is 39.8 Å². The minimum Gasteiger partial charge on any atom is -0.492 e. The molecule has 8 heteroatoms. The molecule has 3 aromatic rings. The number of nitrogens with one attached hydrogen (secondary N) is 1. The zero-order valence-electron chi connectivity index (χ0n) is 14.5. The first-order valence-corrected chi connectivity index (χ1v) is 9.31. The van der Waals surface area contributed by atoms with E-state index in [2.05, 4.69) is 5.32 Å². The van der Waals surface area contributed by atoms with Gasteiger partial charge in [-0.3, -0.25) is 9.59 Å². The third-order valence-corrected chi connectivity index (χ3v) is 4.86. The zero-order chi connectivity index (χ0) is 19.2. The van der Waals surface area contributed by atoms with Gasteiger partial charge < -0.3 is 19.4 Å². The monoisotopic (exact) mass is 404 g/mol. The van der Waals surface area contributed by atoms with E-state index in [1.807, 2.05) is 0 Å². The van der Waals surface area contributed by atoms with Gasteiger partial charge in [0.2, 0.25) is 0 Å². The summed E-state index contributed by atoms with van der Waals surface area (Å²) in [7, 11) is 1.70. The highest BCUT2D eigenvalue weighted by Gasteiger charge is 2.16. The van der Waals surface area contributed by atoms with Crippen LogP contribution in [0.2, 0.25) is 5.02 Å². The summed E-state index contributed by atoms with van der Waals surface area (Å²) in [6, 6.07) is 13.7. The number of anilines is 1. The average Bonchev–Trinajstić information content (AvgIpc) is 3.33. The van der Waals surface area contributed by atoms with E-state index in [9.17, 15) is 9.59 Å². The molecule has 0 bridgehead atoms. The van der Waals surface area contributed by atoms with Gasteiger partial charge in [-0.1, -0.05) is 17.7 Å². The molecular formula is C19H17ClN2O4S. The SMILES string of the molecule is CN(CCOc1cccc(Cl)c1)C(=O)c1ccc(NC(=O)c2ccco2)s1. The van der Waals surface area contributed by atoms with Gasteiger partial charge in [0, 0.05) is 12.1 Å². The first kappa shape index (κ1) is 19.0. The summed E-state index contributed by atoms with van der Waals surface area (Å²) in [4.78, 5) is 26.6. The standard InChI is InChI=1S/C19H17ClN2O4S/c1-22(9-11-25-14-5-2-4-13(20)12-14)19(24)16-7-8-17(27-16)21-18(23)15-6-3-10-26-15/h2-8,10,12H,9,11H2,1H3,(H,21,23). The summed E-state index contributed by atoms with van der Waals surface area (Å²) in [5.74, 6) is 0.367. The highest BCUT2D eigenvalue weighted by Crippen LogP contribution is 2.24. The van der Waals surface area contributed by atoms with Crippen LogP contribution in [0.1, 0.15) is 20.2 Å². The zero-order valence-corrected chi connectivity index (χ0v) is 16.0. The number of carbonyl (C=O) groups is 2. The third-order valence-electron chi connectivity index (χ3n) is 3.64. The van der Waals surface area contributed by atoms with Gasteiger partial charge in [0.15, 0.2) is 5.76 Å². The van der Waals surface area contributed by atoms with Crippen molar-refractivity contribution in [1.82, 2.24) is 4.90 Å². The molecule has 0 saturated carbocycles. The number of nitrogens with zero attached hydrogens (tertiary/aromatic N) is 1. The maximum absolute atomic E-state index is 12.5. The molecule has 0 atom stereocenters. The topological polar surface area (TPSA) is 71.8 Å². The number of likely N-dealkylation sites (N-methyl/N-ethyl adjacent to an activating group) is 1. The number of carbonyl (C=O) groups excluding carboxylic acids is 2. The van der Waals surface area contributed by atoms with Crippen LogP contribution >= 0.6 is 22.9 Å². The van der Waals surface area contributed by atoms with Crippen LogP contribution in [-0.4, -0.2) is 36.9 Å². The molecule has 0 aliphatic heterocycles. The van der Waals surface area contributed by atoms with E-state index in [1.165, 1.54) is 17.6 Å². The van der Waals surface area contributed by atoms with E-state index >= 15 is 0 Å². The van der Waals surface area contributed by atoms with Gasteiger partial charge in [0.1, 0.15) is 12.4 Å². The van der Waals surface area contributed by atoms with Crippen molar-refractivity contribution in [2.75, 3.05) is 25.5 Å². The molecule has 2 heterocycles. The van der Waals surface area contributed by atoms with Gasteiger partial charge in [-0.2, -0.15) is 0 Å². The molecule has 2 aromatic heterocycles. The second kappa shape index (κ2) is 8.75. The Labute approximate surface area is 165 Å². The minimum atomic E-state index is -0.357. The van der Waals surface area contributed by atoms with Crippen molar-refractivity contribution < 1.29 is 18.7 Å². The molecule has 0 unspecified atom stereocenters. The highest BCUT2D eigenvalue weighted by atomic mass is 35.5. The maximum Gasteiger partial charge on any atom is 0.291 e. The summed E-state index contributed by atoms with van der Waals surface area (Å²) in [6.07, 6.45) is 1.43. The molecule has 0 spiro atoms. The van der Waals surface area contributed by atoms with Gasteiger partial charge in [-0.25, -0.2) is 0 Å². The number of rotatable bonds is 7. The summed E-state index contributed by atoms with van der Waals surface area (Å²) in [6.45, 7) is 0.757. The predicted molar refractivity (Wildman–Crippen MR) is 105 cm³/mol.